The molecule has 2 aliphatic carbocycles. The lowest BCUT2D eigenvalue weighted by molar-refractivity contribution is -0.216. The van der Waals surface area contributed by atoms with Gasteiger partial charge in [0, 0.05) is 56.2 Å². The number of ketones is 3. The predicted octanol–water partition coefficient (Wildman–Crippen LogP) is 2.80. The fraction of sp³-hybridized carbons (Fsp3) is 0.516. The molecule has 2 N–H and O–H groups in total. The SMILES string of the molecule is COCC(=O)[C@]1(OC)Cc2c(OC)c3c(c(OC)c2[C@H](OC2C[C@@H](N)[C@@H](C)CO2)C1)C(=O)c1c(OC)cccc1C3=O. The van der Waals surface area contributed by atoms with Crippen LogP contribution in [-0.2, 0) is 30.2 Å². The van der Waals surface area contributed by atoms with Gasteiger partial charge < -0.3 is 38.9 Å². The highest BCUT2D eigenvalue weighted by Gasteiger charge is 2.51. The predicted molar refractivity (Wildman–Crippen MR) is 150 cm³/mol. The zero-order chi connectivity index (χ0) is 30.3. The first-order chi connectivity index (χ1) is 20.2. The minimum absolute atomic E-state index is 0.0300. The molecule has 1 aliphatic heterocycles. The molecule has 2 aromatic rings. The van der Waals surface area contributed by atoms with Crippen LogP contribution in [0.4, 0.5) is 0 Å². The van der Waals surface area contributed by atoms with Gasteiger partial charge in [-0.25, -0.2) is 0 Å². The molecule has 226 valence electrons. The summed E-state index contributed by atoms with van der Waals surface area (Å²) >= 11 is 0. The van der Waals surface area contributed by atoms with Crippen molar-refractivity contribution in [2.24, 2.45) is 11.7 Å². The lowest BCUT2D eigenvalue weighted by Gasteiger charge is -2.43. The first-order valence-electron chi connectivity index (χ1n) is 13.8. The highest BCUT2D eigenvalue weighted by Crippen LogP contribution is 2.53. The van der Waals surface area contributed by atoms with E-state index in [2.05, 4.69) is 0 Å². The van der Waals surface area contributed by atoms with Crippen molar-refractivity contribution in [1.29, 1.82) is 0 Å². The number of fused-ring (bicyclic) bond motifs is 3. The molecule has 1 heterocycles. The van der Waals surface area contributed by atoms with E-state index in [9.17, 15) is 14.4 Å². The Morgan fingerprint density at radius 1 is 1.00 bits per heavy atom. The van der Waals surface area contributed by atoms with Gasteiger partial charge in [0.15, 0.2) is 17.9 Å². The summed E-state index contributed by atoms with van der Waals surface area (Å²) in [6, 6.07) is 4.69. The van der Waals surface area contributed by atoms with Gasteiger partial charge in [0.1, 0.15) is 29.5 Å². The number of carbonyl (C=O) groups excluding carboxylic acids is 3. The Kier molecular flexibility index (Phi) is 8.41. The number of rotatable bonds is 9. The van der Waals surface area contributed by atoms with Crippen molar-refractivity contribution in [3.05, 3.63) is 51.6 Å². The third-order valence-corrected chi connectivity index (χ3v) is 8.66. The Morgan fingerprint density at radius 2 is 1.71 bits per heavy atom. The zero-order valence-electron chi connectivity index (χ0n) is 24.7. The van der Waals surface area contributed by atoms with E-state index in [1.54, 1.807) is 18.2 Å². The van der Waals surface area contributed by atoms with E-state index in [4.69, 9.17) is 38.9 Å². The molecule has 0 saturated carbocycles. The fourth-order valence-corrected chi connectivity index (χ4v) is 6.35. The van der Waals surface area contributed by atoms with Gasteiger partial charge in [0.2, 0.25) is 5.78 Å². The molecule has 0 bridgehead atoms. The van der Waals surface area contributed by atoms with Gasteiger partial charge in [-0.3, -0.25) is 14.4 Å². The van der Waals surface area contributed by atoms with E-state index in [0.29, 0.717) is 24.2 Å². The molecule has 0 amide bonds. The molecule has 2 aromatic carbocycles. The average Bonchev–Trinajstić information content (AvgIpc) is 2.99. The van der Waals surface area contributed by atoms with Crippen molar-refractivity contribution in [2.75, 3.05) is 48.8 Å². The zero-order valence-corrected chi connectivity index (χ0v) is 24.7. The summed E-state index contributed by atoms with van der Waals surface area (Å²) in [6.45, 7) is 2.20. The van der Waals surface area contributed by atoms with E-state index >= 15 is 0 Å². The minimum atomic E-state index is -1.38. The Morgan fingerprint density at radius 3 is 2.33 bits per heavy atom. The van der Waals surface area contributed by atoms with Crippen LogP contribution in [-0.4, -0.2) is 84.0 Å². The molecule has 42 heavy (non-hydrogen) atoms. The number of ether oxygens (including phenoxy) is 7. The maximum atomic E-state index is 14.2. The maximum Gasteiger partial charge on any atom is 0.202 e. The van der Waals surface area contributed by atoms with Crippen LogP contribution in [0.2, 0.25) is 0 Å². The number of hydrogen-bond donors (Lipinski definition) is 1. The topological polar surface area (TPSA) is 142 Å². The molecule has 1 saturated heterocycles. The summed E-state index contributed by atoms with van der Waals surface area (Å²) in [5, 5.41) is 0. The fourth-order valence-electron chi connectivity index (χ4n) is 6.35. The van der Waals surface area contributed by atoms with Gasteiger partial charge in [0.25, 0.3) is 0 Å². The number of nitrogens with two attached hydrogens (primary N) is 1. The number of methoxy groups -OCH3 is 5. The highest BCUT2D eigenvalue weighted by molar-refractivity contribution is 6.31. The molecule has 11 nitrogen and oxygen atoms in total. The summed E-state index contributed by atoms with van der Waals surface area (Å²) in [6.07, 6.45) is -1.02. The first kappa shape index (κ1) is 30.1. The summed E-state index contributed by atoms with van der Waals surface area (Å²) in [7, 11) is 7.16. The maximum absolute atomic E-state index is 14.2. The van der Waals surface area contributed by atoms with Crippen LogP contribution < -0.4 is 19.9 Å². The van der Waals surface area contributed by atoms with Crippen molar-refractivity contribution >= 4 is 17.3 Å². The van der Waals surface area contributed by atoms with Crippen LogP contribution in [0, 0.1) is 5.92 Å². The van der Waals surface area contributed by atoms with Crippen LogP contribution in [0.3, 0.4) is 0 Å². The third-order valence-electron chi connectivity index (χ3n) is 8.66. The number of carbonyl (C=O) groups is 3. The first-order valence-corrected chi connectivity index (χ1v) is 13.8. The Bertz CT molecular complexity index is 1420. The van der Waals surface area contributed by atoms with Gasteiger partial charge in [-0.05, 0) is 12.0 Å². The molecule has 1 fully saturated rings. The average molecular weight is 584 g/mol. The summed E-state index contributed by atoms with van der Waals surface area (Å²) in [5.74, 6) is -0.451. The summed E-state index contributed by atoms with van der Waals surface area (Å²) < 4.78 is 40.9. The highest BCUT2D eigenvalue weighted by atomic mass is 16.7. The smallest absolute Gasteiger partial charge is 0.202 e. The van der Waals surface area contributed by atoms with Gasteiger partial charge in [-0.1, -0.05) is 19.1 Å². The van der Waals surface area contributed by atoms with Crippen LogP contribution in [0.5, 0.6) is 17.2 Å². The lowest BCUT2D eigenvalue weighted by Crippen LogP contribution is -2.50. The molecule has 11 heteroatoms. The van der Waals surface area contributed by atoms with Gasteiger partial charge in [0.05, 0.1) is 50.7 Å². The molecule has 3 aliphatic rings. The minimum Gasteiger partial charge on any atom is -0.496 e. The van der Waals surface area contributed by atoms with Crippen molar-refractivity contribution in [3.63, 3.8) is 0 Å². The van der Waals surface area contributed by atoms with E-state index in [-0.39, 0.29) is 76.7 Å². The second-order valence-electron chi connectivity index (χ2n) is 10.9. The second kappa shape index (κ2) is 11.7. The Labute approximate surface area is 244 Å². The largest absolute Gasteiger partial charge is 0.496 e. The van der Waals surface area contributed by atoms with E-state index in [1.165, 1.54) is 35.5 Å². The molecule has 0 aromatic heterocycles. The van der Waals surface area contributed by atoms with Crippen LogP contribution in [0.1, 0.15) is 68.8 Å². The van der Waals surface area contributed by atoms with Gasteiger partial charge in [-0.15, -0.1) is 0 Å². The third kappa shape index (κ3) is 4.69. The molecule has 0 radical (unpaired) electrons. The normalized spacial score (nSPS) is 26.6. The Hall–Kier alpha value is -3.35. The van der Waals surface area contributed by atoms with Gasteiger partial charge in [-0.2, -0.15) is 0 Å². The van der Waals surface area contributed by atoms with Crippen molar-refractivity contribution in [1.82, 2.24) is 0 Å². The Balaban J connectivity index is 1.76. The van der Waals surface area contributed by atoms with Crippen LogP contribution in [0.15, 0.2) is 18.2 Å². The lowest BCUT2D eigenvalue weighted by atomic mass is 9.71. The second-order valence-corrected chi connectivity index (χ2v) is 10.9. The van der Waals surface area contributed by atoms with Crippen LogP contribution in [0.25, 0.3) is 0 Å². The van der Waals surface area contributed by atoms with Gasteiger partial charge >= 0.3 is 0 Å². The number of Topliss-reactive ketones (excluding diaryl/α,β-unsaturated/α-hetero) is 1. The molecule has 5 atom stereocenters. The number of hydrogen-bond acceptors (Lipinski definition) is 11. The molecule has 1 unspecified atom stereocenters. The number of benzene rings is 2. The molecular formula is C31H37NO10. The van der Waals surface area contributed by atoms with Crippen molar-refractivity contribution in [2.45, 2.75) is 50.2 Å². The van der Waals surface area contributed by atoms with E-state index in [1.807, 2.05) is 6.92 Å². The van der Waals surface area contributed by atoms with Crippen molar-refractivity contribution in [3.8, 4) is 17.2 Å². The summed E-state index contributed by atoms with van der Waals surface area (Å²) in [4.78, 5) is 41.8. The summed E-state index contributed by atoms with van der Waals surface area (Å²) in [5.41, 5.74) is 6.34. The van der Waals surface area contributed by atoms with Crippen LogP contribution >= 0.6 is 0 Å². The molecule has 0 spiro atoms. The molecular weight excluding hydrogens is 546 g/mol. The van der Waals surface area contributed by atoms with Crippen molar-refractivity contribution < 1.29 is 47.5 Å². The van der Waals surface area contributed by atoms with E-state index in [0.717, 1.165) is 0 Å². The standard InChI is InChI=1S/C31H37NO10/c1-15-13-41-22(10-18(15)32)42-20-12-31(40-6,21(33)14-36-2)11-17-24(20)30(39-5)26-25(29(17)38-4)27(34)16-8-7-9-19(37-3)23(16)28(26)35/h7-9,15,18,20,22H,10-14,32H2,1-6H3/t15-,18+,20+,22?,31-/m0/s1. The molecule has 5 rings (SSSR count). The van der Waals surface area contributed by atoms with E-state index < -0.39 is 29.6 Å². The monoisotopic (exact) mass is 583 g/mol. The quantitative estimate of drug-likeness (QED) is 0.397.